The molecule has 0 saturated carbocycles. The van der Waals surface area contributed by atoms with Gasteiger partial charge in [0.15, 0.2) is 0 Å². The van der Waals surface area contributed by atoms with Crippen molar-refractivity contribution in [2.45, 2.75) is 6.42 Å². The first-order valence-corrected chi connectivity index (χ1v) is 11.7. The van der Waals surface area contributed by atoms with Crippen molar-refractivity contribution in [3.05, 3.63) is 98.1 Å². The molecule has 1 heterocycles. The number of amides is 2. The van der Waals surface area contributed by atoms with Crippen LogP contribution in [-0.2, 0) is 11.2 Å². The van der Waals surface area contributed by atoms with E-state index in [4.69, 9.17) is 4.74 Å². The largest absolute Gasteiger partial charge is 0.497 e. The molecule has 2 amide bonds. The molecule has 12 heteroatoms. The topological polar surface area (TPSA) is 148 Å². The minimum Gasteiger partial charge on any atom is -0.497 e. The first kappa shape index (κ1) is 26.1. The molecule has 38 heavy (non-hydrogen) atoms. The predicted octanol–water partition coefficient (Wildman–Crippen LogP) is 3.66. The fraction of sp³-hybridized carbons (Fsp3) is 0.231. The summed E-state index contributed by atoms with van der Waals surface area (Å²) in [6.07, 6.45) is 0.326. The highest BCUT2D eigenvalue weighted by Crippen LogP contribution is 2.25. The Hall–Kier alpha value is -5.00. The molecular formula is C26H25N5O7. The molecule has 196 valence electrons. The molecule has 0 aliphatic carbocycles. The van der Waals surface area contributed by atoms with Crippen molar-refractivity contribution in [3.8, 4) is 5.75 Å². The number of carbonyl (C=O) groups excluding carboxylic acids is 2. The van der Waals surface area contributed by atoms with Gasteiger partial charge in [0.25, 0.3) is 17.3 Å². The molecule has 1 N–H and O–H groups in total. The molecule has 4 rings (SSSR count). The van der Waals surface area contributed by atoms with Gasteiger partial charge in [-0.1, -0.05) is 12.1 Å². The van der Waals surface area contributed by atoms with E-state index in [1.165, 1.54) is 0 Å². The Morgan fingerprint density at radius 3 is 1.97 bits per heavy atom. The van der Waals surface area contributed by atoms with Gasteiger partial charge in [-0.15, -0.1) is 0 Å². The van der Waals surface area contributed by atoms with Crippen molar-refractivity contribution in [2.24, 2.45) is 0 Å². The van der Waals surface area contributed by atoms with Gasteiger partial charge in [-0.3, -0.25) is 29.8 Å². The molecule has 0 atom stereocenters. The van der Waals surface area contributed by atoms with E-state index in [0.717, 1.165) is 35.2 Å². The zero-order valence-electron chi connectivity index (χ0n) is 20.5. The second kappa shape index (κ2) is 11.4. The van der Waals surface area contributed by atoms with Gasteiger partial charge in [-0.25, -0.2) is 0 Å². The number of methoxy groups -OCH3 is 1. The normalized spacial score (nSPS) is 13.1. The van der Waals surface area contributed by atoms with E-state index in [0.29, 0.717) is 38.3 Å². The summed E-state index contributed by atoms with van der Waals surface area (Å²) in [4.78, 5) is 49.9. The van der Waals surface area contributed by atoms with E-state index in [2.05, 4.69) is 10.2 Å². The van der Waals surface area contributed by atoms with Crippen LogP contribution in [0.1, 0.15) is 15.9 Å². The van der Waals surface area contributed by atoms with Crippen molar-refractivity contribution in [2.75, 3.05) is 43.5 Å². The number of nitrogens with zero attached hydrogens (tertiary/aromatic N) is 4. The van der Waals surface area contributed by atoms with Gasteiger partial charge in [0.2, 0.25) is 5.91 Å². The third-order valence-electron chi connectivity index (χ3n) is 6.22. The number of rotatable bonds is 8. The number of nitro groups is 2. The monoisotopic (exact) mass is 519 g/mol. The predicted molar refractivity (Wildman–Crippen MR) is 140 cm³/mol. The van der Waals surface area contributed by atoms with Crippen LogP contribution in [-0.4, -0.2) is 59.8 Å². The number of ether oxygens (including phenoxy) is 1. The van der Waals surface area contributed by atoms with Gasteiger partial charge in [-0.05, 0) is 42.0 Å². The number of carbonyl (C=O) groups is 2. The van der Waals surface area contributed by atoms with Gasteiger partial charge < -0.3 is 19.9 Å². The van der Waals surface area contributed by atoms with Crippen LogP contribution >= 0.6 is 0 Å². The van der Waals surface area contributed by atoms with E-state index in [9.17, 15) is 29.8 Å². The number of hydrogen-bond donors (Lipinski definition) is 1. The molecule has 3 aromatic carbocycles. The lowest BCUT2D eigenvalue weighted by Gasteiger charge is -2.36. The van der Waals surface area contributed by atoms with Crippen LogP contribution in [0.3, 0.4) is 0 Å². The van der Waals surface area contributed by atoms with E-state index >= 15 is 0 Å². The van der Waals surface area contributed by atoms with Crippen molar-refractivity contribution < 1.29 is 24.2 Å². The molecule has 12 nitrogen and oxygen atoms in total. The highest BCUT2D eigenvalue weighted by atomic mass is 16.6. The van der Waals surface area contributed by atoms with Gasteiger partial charge in [0.1, 0.15) is 5.75 Å². The second-order valence-corrected chi connectivity index (χ2v) is 8.65. The third-order valence-corrected chi connectivity index (χ3v) is 6.22. The lowest BCUT2D eigenvalue weighted by Crippen LogP contribution is -2.49. The number of piperazine rings is 1. The van der Waals surface area contributed by atoms with Crippen molar-refractivity contribution in [1.29, 1.82) is 0 Å². The zero-order valence-corrected chi connectivity index (χ0v) is 20.5. The summed E-state index contributed by atoms with van der Waals surface area (Å²) in [5.41, 5.74) is 1.00. The molecule has 0 radical (unpaired) electrons. The molecule has 1 aliphatic rings. The Morgan fingerprint density at radius 2 is 1.45 bits per heavy atom. The van der Waals surface area contributed by atoms with Crippen LogP contribution in [0.5, 0.6) is 5.75 Å². The summed E-state index contributed by atoms with van der Waals surface area (Å²) in [7, 11) is 1.60. The summed E-state index contributed by atoms with van der Waals surface area (Å²) in [6.45, 7) is 2.47. The molecule has 0 aromatic heterocycles. The Labute approximate surface area is 217 Å². The summed E-state index contributed by atoms with van der Waals surface area (Å²) in [6, 6.07) is 17.2. The van der Waals surface area contributed by atoms with Gasteiger partial charge >= 0.3 is 0 Å². The van der Waals surface area contributed by atoms with Crippen molar-refractivity contribution in [1.82, 2.24) is 4.90 Å². The summed E-state index contributed by atoms with van der Waals surface area (Å²) in [5, 5.41) is 24.8. The molecule has 3 aromatic rings. The SMILES string of the molecule is COc1ccc(CC(=O)N2CCN(c3ccc(NC(=O)c4cc([N+](=O)[O-])cc([N+](=O)[O-])c4)cc3)CC2)cc1. The second-order valence-electron chi connectivity index (χ2n) is 8.65. The van der Waals surface area contributed by atoms with Crippen LogP contribution in [0.25, 0.3) is 0 Å². The van der Waals surface area contributed by atoms with E-state index in [-0.39, 0.29) is 11.5 Å². The van der Waals surface area contributed by atoms with Gasteiger partial charge in [0, 0.05) is 49.7 Å². The average molecular weight is 520 g/mol. The summed E-state index contributed by atoms with van der Waals surface area (Å²) in [5.74, 6) is 0.108. The molecular weight excluding hydrogens is 494 g/mol. The number of nitro benzene ring substituents is 2. The fourth-order valence-electron chi connectivity index (χ4n) is 4.14. The van der Waals surface area contributed by atoms with E-state index in [1.807, 2.05) is 41.3 Å². The van der Waals surface area contributed by atoms with E-state index < -0.39 is 27.1 Å². The number of benzene rings is 3. The van der Waals surface area contributed by atoms with Crippen LogP contribution < -0.4 is 15.0 Å². The lowest BCUT2D eigenvalue weighted by molar-refractivity contribution is -0.394. The van der Waals surface area contributed by atoms with E-state index in [1.54, 1.807) is 19.2 Å². The maximum absolute atomic E-state index is 12.7. The zero-order chi connectivity index (χ0) is 27.2. The first-order chi connectivity index (χ1) is 18.2. The van der Waals surface area contributed by atoms with Crippen LogP contribution in [0.15, 0.2) is 66.7 Å². The molecule has 0 bridgehead atoms. The fourth-order valence-corrected chi connectivity index (χ4v) is 4.14. The smallest absolute Gasteiger partial charge is 0.277 e. The quantitative estimate of drug-likeness (QED) is 0.350. The molecule has 0 spiro atoms. The van der Waals surface area contributed by atoms with Gasteiger partial charge in [0.05, 0.1) is 35.0 Å². The molecule has 0 unspecified atom stereocenters. The number of hydrogen-bond acceptors (Lipinski definition) is 8. The number of nitrogens with one attached hydrogen (secondary N) is 1. The Kier molecular flexibility index (Phi) is 7.80. The molecule has 1 fully saturated rings. The first-order valence-electron chi connectivity index (χ1n) is 11.7. The van der Waals surface area contributed by atoms with Crippen LogP contribution in [0, 0.1) is 20.2 Å². The van der Waals surface area contributed by atoms with Crippen molar-refractivity contribution >= 4 is 34.6 Å². The van der Waals surface area contributed by atoms with Crippen LogP contribution in [0.4, 0.5) is 22.7 Å². The van der Waals surface area contributed by atoms with Crippen LogP contribution in [0.2, 0.25) is 0 Å². The Morgan fingerprint density at radius 1 is 0.868 bits per heavy atom. The van der Waals surface area contributed by atoms with Gasteiger partial charge in [-0.2, -0.15) is 0 Å². The summed E-state index contributed by atoms with van der Waals surface area (Å²) >= 11 is 0. The molecule has 1 aliphatic heterocycles. The average Bonchev–Trinajstić information content (AvgIpc) is 2.93. The molecule has 1 saturated heterocycles. The number of anilines is 2. The Bertz CT molecular complexity index is 1320. The highest BCUT2D eigenvalue weighted by molar-refractivity contribution is 6.05. The third kappa shape index (κ3) is 6.22. The standard InChI is InChI=1S/C26H25N5O7/c1-38-24-8-2-18(3-9-24)14-25(32)29-12-10-28(11-13-29)21-6-4-20(5-7-21)27-26(33)19-15-22(30(34)35)17-23(16-19)31(36)37/h2-9,15-17H,10-14H2,1H3,(H,27,33). The lowest BCUT2D eigenvalue weighted by atomic mass is 10.1. The van der Waals surface area contributed by atoms with Crippen molar-refractivity contribution in [3.63, 3.8) is 0 Å². The summed E-state index contributed by atoms with van der Waals surface area (Å²) < 4.78 is 5.15. The maximum atomic E-state index is 12.7. The Balaban J connectivity index is 1.33. The highest BCUT2D eigenvalue weighted by Gasteiger charge is 2.22. The minimum absolute atomic E-state index is 0.0641. The maximum Gasteiger partial charge on any atom is 0.277 e. The number of non-ortho nitro benzene ring substituents is 2. The minimum atomic E-state index is -0.787.